The highest BCUT2D eigenvalue weighted by Crippen LogP contribution is 2.18. The topological polar surface area (TPSA) is 72.8 Å². The number of ether oxygens (including phenoxy) is 1. The largest absolute Gasteiger partial charge is 0.465 e. The summed E-state index contributed by atoms with van der Waals surface area (Å²) in [4.78, 5) is 19.6. The van der Waals surface area contributed by atoms with Gasteiger partial charge in [0.15, 0.2) is 0 Å². The third-order valence-electron chi connectivity index (χ3n) is 1.71. The van der Waals surface area contributed by atoms with Gasteiger partial charge < -0.3 is 14.2 Å². The van der Waals surface area contributed by atoms with Gasteiger partial charge in [0.25, 0.3) is 0 Å². The van der Waals surface area contributed by atoms with Crippen molar-refractivity contribution in [1.82, 2.24) is 0 Å². The molecule has 6 heteroatoms. The number of esters is 1. The molecular formula is C9H11O5P. The first kappa shape index (κ1) is 11.9. The first-order valence-electron chi connectivity index (χ1n) is 4.16. The normalized spacial score (nSPS) is 12.1. The number of hydrogen-bond donors (Lipinski definition) is 1. The molecule has 0 aromatic heterocycles. The second kappa shape index (κ2) is 5.66. The summed E-state index contributed by atoms with van der Waals surface area (Å²) in [5.41, 5.74) is 1.03. The van der Waals surface area contributed by atoms with Gasteiger partial charge in [-0.1, -0.05) is 12.1 Å². The van der Waals surface area contributed by atoms with Crippen molar-refractivity contribution in [2.75, 3.05) is 7.11 Å². The fourth-order valence-electron chi connectivity index (χ4n) is 1.05. The van der Waals surface area contributed by atoms with E-state index in [0.717, 1.165) is 0 Å². The van der Waals surface area contributed by atoms with E-state index >= 15 is 0 Å². The molecule has 0 heterocycles. The molecule has 0 radical (unpaired) electrons. The van der Waals surface area contributed by atoms with Crippen LogP contribution in [0.15, 0.2) is 24.3 Å². The van der Waals surface area contributed by atoms with E-state index in [1.54, 1.807) is 24.3 Å². The van der Waals surface area contributed by atoms with Crippen LogP contribution in [0.2, 0.25) is 0 Å². The number of hydrogen-bond acceptors (Lipinski definition) is 4. The van der Waals surface area contributed by atoms with Crippen molar-refractivity contribution in [3.63, 3.8) is 0 Å². The molecule has 0 aliphatic rings. The zero-order valence-electron chi connectivity index (χ0n) is 8.10. The van der Waals surface area contributed by atoms with Crippen LogP contribution in [0, 0.1) is 0 Å². The van der Waals surface area contributed by atoms with E-state index in [4.69, 9.17) is 4.89 Å². The van der Waals surface area contributed by atoms with E-state index in [1.807, 2.05) is 0 Å². The summed E-state index contributed by atoms with van der Waals surface area (Å²) in [6, 6.07) is 6.49. The highest BCUT2D eigenvalue weighted by Gasteiger charge is 2.05. The molecule has 0 aliphatic carbocycles. The summed E-state index contributed by atoms with van der Waals surface area (Å²) in [5.74, 6) is -0.450. The molecule has 1 atom stereocenters. The average molecular weight is 230 g/mol. The summed E-state index contributed by atoms with van der Waals surface area (Å²) in [6.07, 6.45) is 0. The number of carbonyl (C=O) groups is 1. The third-order valence-corrected chi connectivity index (χ3v) is 2.10. The lowest BCUT2D eigenvalue weighted by Crippen LogP contribution is -2.01. The van der Waals surface area contributed by atoms with E-state index in [2.05, 4.69) is 9.26 Å². The monoisotopic (exact) mass is 230 g/mol. The van der Waals surface area contributed by atoms with Crippen LogP contribution in [0.5, 0.6) is 0 Å². The van der Waals surface area contributed by atoms with Crippen LogP contribution < -0.4 is 0 Å². The SMILES string of the molecule is COC(=O)c1cccc(CO[PH](=O)O)c1. The van der Waals surface area contributed by atoms with Crippen molar-refractivity contribution in [3.05, 3.63) is 35.4 Å². The van der Waals surface area contributed by atoms with Crippen molar-refractivity contribution >= 4 is 14.2 Å². The van der Waals surface area contributed by atoms with Crippen molar-refractivity contribution in [1.29, 1.82) is 0 Å². The molecule has 0 fully saturated rings. The fourth-order valence-corrected chi connectivity index (χ4v) is 1.34. The Hall–Kier alpha value is -1.16. The third kappa shape index (κ3) is 3.83. The van der Waals surface area contributed by atoms with Gasteiger partial charge in [0, 0.05) is 0 Å². The molecule has 0 spiro atoms. The van der Waals surface area contributed by atoms with E-state index in [9.17, 15) is 9.36 Å². The lowest BCUT2D eigenvalue weighted by Gasteiger charge is -2.03. The van der Waals surface area contributed by atoms with Gasteiger partial charge in [-0.05, 0) is 17.7 Å². The maximum atomic E-state index is 11.1. The Balaban J connectivity index is 2.74. The Bertz CT molecular complexity index is 377. The zero-order chi connectivity index (χ0) is 11.3. The molecule has 1 aromatic rings. The van der Waals surface area contributed by atoms with Gasteiger partial charge in [-0.25, -0.2) is 4.79 Å². The standard InChI is InChI=1S/C9H11O5P/c1-13-9(10)8-4-2-3-7(5-8)6-14-15(11)12/h2-5,15H,6H2,1H3,(H,11,12). The van der Waals surface area contributed by atoms with Crippen LogP contribution in [0.3, 0.4) is 0 Å². The maximum Gasteiger partial charge on any atom is 0.337 e. The van der Waals surface area contributed by atoms with E-state index in [1.165, 1.54) is 7.11 Å². The van der Waals surface area contributed by atoms with E-state index in [0.29, 0.717) is 11.1 Å². The maximum absolute atomic E-state index is 11.1. The predicted molar refractivity (Wildman–Crippen MR) is 53.8 cm³/mol. The first-order chi connectivity index (χ1) is 7.13. The number of benzene rings is 1. The van der Waals surface area contributed by atoms with Crippen molar-refractivity contribution in [2.24, 2.45) is 0 Å². The van der Waals surface area contributed by atoms with Gasteiger partial charge >= 0.3 is 14.2 Å². The van der Waals surface area contributed by atoms with Crippen molar-refractivity contribution in [2.45, 2.75) is 6.61 Å². The van der Waals surface area contributed by atoms with Gasteiger partial charge in [-0.2, -0.15) is 0 Å². The minimum absolute atomic E-state index is 0.000863. The van der Waals surface area contributed by atoms with Crippen molar-refractivity contribution in [3.8, 4) is 0 Å². The number of carbonyl (C=O) groups excluding carboxylic acids is 1. The van der Waals surface area contributed by atoms with Crippen LogP contribution in [0.1, 0.15) is 15.9 Å². The molecule has 82 valence electrons. The van der Waals surface area contributed by atoms with Crippen LogP contribution >= 0.6 is 8.25 Å². The molecule has 1 unspecified atom stereocenters. The highest BCUT2D eigenvalue weighted by atomic mass is 31.1. The Labute approximate surface area is 87.6 Å². The lowest BCUT2D eigenvalue weighted by atomic mass is 10.1. The van der Waals surface area contributed by atoms with Crippen LogP contribution in [-0.2, 0) is 20.4 Å². The van der Waals surface area contributed by atoms with Gasteiger partial charge in [-0.15, -0.1) is 0 Å². The molecule has 15 heavy (non-hydrogen) atoms. The lowest BCUT2D eigenvalue weighted by molar-refractivity contribution is 0.0600. The molecule has 0 saturated carbocycles. The summed E-state index contributed by atoms with van der Waals surface area (Å²) in [7, 11) is -1.65. The van der Waals surface area contributed by atoms with E-state index < -0.39 is 14.2 Å². The molecule has 0 amide bonds. The Morgan fingerprint density at radius 3 is 2.87 bits per heavy atom. The molecule has 0 saturated heterocycles. The molecule has 5 nitrogen and oxygen atoms in total. The van der Waals surface area contributed by atoms with Gasteiger partial charge in [0.1, 0.15) is 0 Å². The summed E-state index contributed by atoms with van der Waals surface area (Å²) >= 11 is 0. The van der Waals surface area contributed by atoms with E-state index in [-0.39, 0.29) is 6.61 Å². The smallest absolute Gasteiger partial charge is 0.337 e. The Morgan fingerprint density at radius 1 is 1.53 bits per heavy atom. The van der Waals surface area contributed by atoms with Crippen LogP contribution in [0.25, 0.3) is 0 Å². The average Bonchev–Trinajstić information content (AvgIpc) is 2.25. The molecule has 0 bridgehead atoms. The second-order valence-electron chi connectivity index (χ2n) is 2.75. The first-order valence-corrected chi connectivity index (χ1v) is 5.43. The molecule has 1 aromatic carbocycles. The summed E-state index contributed by atoms with van der Waals surface area (Å²) in [6.45, 7) is -0.000863. The second-order valence-corrected chi connectivity index (χ2v) is 3.57. The minimum Gasteiger partial charge on any atom is -0.465 e. The molecule has 1 N–H and O–H groups in total. The Kier molecular flexibility index (Phi) is 4.49. The summed E-state index contributed by atoms with van der Waals surface area (Å²) in [5, 5.41) is 0. The van der Waals surface area contributed by atoms with Gasteiger partial charge in [-0.3, -0.25) is 4.57 Å². The predicted octanol–water partition coefficient (Wildman–Crippen LogP) is 1.37. The molecular weight excluding hydrogens is 219 g/mol. The highest BCUT2D eigenvalue weighted by molar-refractivity contribution is 7.32. The number of methoxy groups -OCH3 is 1. The van der Waals surface area contributed by atoms with Crippen molar-refractivity contribution < 1.29 is 23.5 Å². The zero-order valence-corrected chi connectivity index (χ0v) is 9.10. The fraction of sp³-hybridized carbons (Fsp3) is 0.222. The molecule has 0 aliphatic heterocycles. The summed E-state index contributed by atoms with van der Waals surface area (Å²) < 4.78 is 19.4. The Morgan fingerprint density at radius 2 is 2.27 bits per heavy atom. The van der Waals surface area contributed by atoms with Crippen LogP contribution in [0.4, 0.5) is 0 Å². The van der Waals surface area contributed by atoms with Gasteiger partial charge in [0.2, 0.25) is 0 Å². The molecule has 1 rings (SSSR count). The van der Waals surface area contributed by atoms with Gasteiger partial charge in [0.05, 0.1) is 19.3 Å². The number of rotatable bonds is 4. The quantitative estimate of drug-likeness (QED) is 0.624. The van der Waals surface area contributed by atoms with Crippen LogP contribution in [-0.4, -0.2) is 18.0 Å². The minimum atomic E-state index is -2.94.